The molecule has 7 heteroatoms. The van der Waals surface area contributed by atoms with E-state index in [0.29, 0.717) is 18.3 Å². The number of rotatable bonds is 6. The van der Waals surface area contributed by atoms with Gasteiger partial charge in [-0.15, -0.1) is 11.3 Å². The van der Waals surface area contributed by atoms with Gasteiger partial charge in [0.2, 0.25) is 0 Å². The number of methoxy groups -OCH3 is 1. The molecule has 0 bridgehead atoms. The lowest BCUT2D eigenvalue weighted by Gasteiger charge is -2.23. The molecule has 0 atom stereocenters. The van der Waals surface area contributed by atoms with Crippen molar-refractivity contribution in [2.75, 3.05) is 13.7 Å². The first-order chi connectivity index (χ1) is 9.60. The van der Waals surface area contributed by atoms with E-state index in [1.165, 1.54) is 7.11 Å². The van der Waals surface area contributed by atoms with Gasteiger partial charge in [0.15, 0.2) is 5.82 Å². The van der Waals surface area contributed by atoms with Gasteiger partial charge in [-0.25, -0.2) is 0 Å². The van der Waals surface area contributed by atoms with Crippen LogP contribution in [-0.2, 0) is 16.1 Å². The van der Waals surface area contributed by atoms with Gasteiger partial charge in [-0.3, -0.25) is 9.69 Å². The number of hydrogen-bond donors (Lipinski definition) is 0. The normalized spacial score (nSPS) is 11.2. The predicted molar refractivity (Wildman–Crippen MR) is 75.2 cm³/mol. The molecule has 2 aromatic heterocycles. The van der Waals surface area contributed by atoms with Gasteiger partial charge in [-0.2, -0.15) is 4.98 Å². The molecular formula is C13H17N3O3S. The smallest absolute Gasteiger partial charge is 0.319 e. The summed E-state index contributed by atoms with van der Waals surface area (Å²) >= 11 is 1.54. The van der Waals surface area contributed by atoms with Crippen LogP contribution in [0.15, 0.2) is 22.0 Å². The van der Waals surface area contributed by atoms with Crippen molar-refractivity contribution >= 4 is 17.3 Å². The Kier molecular flexibility index (Phi) is 4.86. The van der Waals surface area contributed by atoms with Crippen molar-refractivity contribution in [1.82, 2.24) is 15.0 Å². The first-order valence-electron chi connectivity index (χ1n) is 6.27. The summed E-state index contributed by atoms with van der Waals surface area (Å²) in [5.41, 5.74) is 0. The third-order valence-electron chi connectivity index (χ3n) is 2.83. The number of aromatic nitrogens is 2. The molecule has 0 saturated carbocycles. The minimum atomic E-state index is -0.277. The van der Waals surface area contributed by atoms with Crippen LogP contribution in [-0.4, -0.2) is 40.7 Å². The van der Waals surface area contributed by atoms with Gasteiger partial charge in [-0.1, -0.05) is 11.2 Å². The molecule has 0 fully saturated rings. The summed E-state index contributed by atoms with van der Waals surface area (Å²) in [6.45, 7) is 4.66. The van der Waals surface area contributed by atoms with Crippen LogP contribution in [0.25, 0.3) is 10.8 Å². The second kappa shape index (κ2) is 6.62. The third-order valence-corrected chi connectivity index (χ3v) is 3.69. The van der Waals surface area contributed by atoms with E-state index in [1.807, 2.05) is 36.3 Å². The minimum absolute atomic E-state index is 0.179. The molecule has 0 unspecified atom stereocenters. The number of thiophene rings is 1. The maximum atomic E-state index is 11.4. The quantitative estimate of drug-likeness (QED) is 0.761. The Bertz CT molecular complexity index is 551. The summed E-state index contributed by atoms with van der Waals surface area (Å²) in [5, 5.41) is 5.91. The van der Waals surface area contributed by atoms with Gasteiger partial charge in [0, 0.05) is 6.04 Å². The zero-order chi connectivity index (χ0) is 14.5. The number of esters is 1. The topological polar surface area (TPSA) is 68.5 Å². The van der Waals surface area contributed by atoms with Crippen LogP contribution >= 0.6 is 11.3 Å². The van der Waals surface area contributed by atoms with Crippen molar-refractivity contribution in [3.05, 3.63) is 23.3 Å². The fourth-order valence-corrected chi connectivity index (χ4v) is 2.30. The highest BCUT2D eigenvalue weighted by Crippen LogP contribution is 2.22. The second-order valence-electron chi connectivity index (χ2n) is 4.57. The summed E-state index contributed by atoms with van der Waals surface area (Å²) in [6.07, 6.45) is 0. The van der Waals surface area contributed by atoms with E-state index in [9.17, 15) is 4.79 Å². The van der Waals surface area contributed by atoms with Crippen molar-refractivity contribution in [2.45, 2.75) is 26.4 Å². The largest absolute Gasteiger partial charge is 0.468 e. The van der Waals surface area contributed by atoms with Crippen LogP contribution in [0.4, 0.5) is 0 Å². The number of hydrogen-bond acceptors (Lipinski definition) is 7. The van der Waals surface area contributed by atoms with Crippen LogP contribution in [0.2, 0.25) is 0 Å². The highest BCUT2D eigenvalue weighted by molar-refractivity contribution is 7.13. The Labute approximate surface area is 121 Å². The van der Waals surface area contributed by atoms with Crippen molar-refractivity contribution in [3.63, 3.8) is 0 Å². The number of nitrogens with zero attached hydrogens (tertiary/aromatic N) is 3. The van der Waals surface area contributed by atoms with Crippen LogP contribution in [0.5, 0.6) is 0 Å². The average Bonchev–Trinajstić information content (AvgIpc) is 3.08. The van der Waals surface area contributed by atoms with E-state index in [2.05, 4.69) is 14.9 Å². The van der Waals surface area contributed by atoms with E-state index < -0.39 is 0 Å². The molecule has 0 aliphatic rings. The zero-order valence-corrected chi connectivity index (χ0v) is 12.5. The number of carbonyl (C=O) groups is 1. The van der Waals surface area contributed by atoms with E-state index in [0.717, 1.165) is 4.88 Å². The van der Waals surface area contributed by atoms with Crippen molar-refractivity contribution in [2.24, 2.45) is 0 Å². The summed E-state index contributed by atoms with van der Waals surface area (Å²) < 4.78 is 9.92. The van der Waals surface area contributed by atoms with E-state index in [1.54, 1.807) is 11.3 Å². The molecule has 0 amide bonds. The van der Waals surface area contributed by atoms with Crippen molar-refractivity contribution in [1.29, 1.82) is 0 Å². The standard InChI is InChI=1S/C13H17N3O3S/c1-9(2)16(8-12(17)18-3)7-11-14-13(19-15-11)10-5-4-6-20-10/h4-6,9H,7-8H2,1-3H3. The predicted octanol–water partition coefficient (Wildman–Crippen LogP) is 2.18. The number of carbonyl (C=O) groups excluding carboxylic acids is 1. The Balaban J connectivity index is 2.05. The molecule has 2 aromatic rings. The fraction of sp³-hybridized carbons (Fsp3) is 0.462. The molecule has 0 aliphatic heterocycles. The van der Waals surface area contributed by atoms with Gasteiger partial charge >= 0.3 is 5.97 Å². The van der Waals surface area contributed by atoms with E-state index in [4.69, 9.17) is 4.52 Å². The Morgan fingerprint density at radius 2 is 2.35 bits per heavy atom. The van der Waals surface area contributed by atoms with Crippen LogP contribution < -0.4 is 0 Å². The third kappa shape index (κ3) is 3.64. The molecular weight excluding hydrogens is 278 g/mol. The van der Waals surface area contributed by atoms with Gasteiger partial charge < -0.3 is 9.26 Å². The second-order valence-corrected chi connectivity index (χ2v) is 5.52. The van der Waals surface area contributed by atoms with Crippen LogP contribution in [0.1, 0.15) is 19.7 Å². The molecule has 0 spiro atoms. The van der Waals surface area contributed by atoms with Crippen molar-refractivity contribution in [3.8, 4) is 10.8 Å². The highest BCUT2D eigenvalue weighted by Gasteiger charge is 2.18. The van der Waals surface area contributed by atoms with E-state index >= 15 is 0 Å². The summed E-state index contributed by atoms with van der Waals surface area (Å²) in [4.78, 5) is 18.6. The molecule has 20 heavy (non-hydrogen) atoms. The molecule has 2 heterocycles. The maximum absolute atomic E-state index is 11.4. The molecule has 0 N–H and O–H groups in total. The summed E-state index contributed by atoms with van der Waals surface area (Å²) in [6, 6.07) is 4.04. The summed E-state index contributed by atoms with van der Waals surface area (Å²) in [5.74, 6) is 0.795. The Morgan fingerprint density at radius 3 is 2.95 bits per heavy atom. The molecule has 0 aromatic carbocycles. The Morgan fingerprint density at radius 1 is 1.55 bits per heavy atom. The molecule has 2 rings (SSSR count). The lowest BCUT2D eigenvalue weighted by atomic mass is 10.3. The van der Waals surface area contributed by atoms with Gasteiger partial charge in [-0.05, 0) is 25.3 Å². The van der Waals surface area contributed by atoms with Gasteiger partial charge in [0.1, 0.15) is 0 Å². The fourth-order valence-electron chi connectivity index (χ4n) is 1.65. The highest BCUT2D eigenvalue weighted by atomic mass is 32.1. The van der Waals surface area contributed by atoms with Gasteiger partial charge in [0.05, 0.1) is 25.1 Å². The average molecular weight is 295 g/mol. The molecule has 0 saturated heterocycles. The van der Waals surface area contributed by atoms with E-state index in [-0.39, 0.29) is 18.6 Å². The monoisotopic (exact) mass is 295 g/mol. The van der Waals surface area contributed by atoms with Crippen LogP contribution in [0.3, 0.4) is 0 Å². The molecule has 0 aliphatic carbocycles. The zero-order valence-electron chi connectivity index (χ0n) is 11.7. The van der Waals surface area contributed by atoms with Crippen LogP contribution in [0, 0.1) is 0 Å². The molecule has 108 valence electrons. The lowest BCUT2D eigenvalue weighted by Crippen LogP contribution is -2.36. The Hall–Kier alpha value is -1.73. The molecule has 0 radical (unpaired) electrons. The summed E-state index contributed by atoms with van der Waals surface area (Å²) in [7, 11) is 1.38. The van der Waals surface area contributed by atoms with Gasteiger partial charge in [0.25, 0.3) is 5.89 Å². The number of ether oxygens (including phenoxy) is 1. The maximum Gasteiger partial charge on any atom is 0.319 e. The molecule has 6 nitrogen and oxygen atoms in total. The van der Waals surface area contributed by atoms with Crippen molar-refractivity contribution < 1.29 is 14.1 Å². The minimum Gasteiger partial charge on any atom is -0.468 e. The first-order valence-corrected chi connectivity index (χ1v) is 7.15. The first kappa shape index (κ1) is 14.7. The lowest BCUT2D eigenvalue weighted by molar-refractivity contribution is -0.142. The SMILES string of the molecule is COC(=O)CN(Cc1noc(-c2cccs2)n1)C(C)C.